The van der Waals surface area contributed by atoms with Crippen molar-refractivity contribution >= 4 is 20.5 Å². The first-order valence-electron chi connectivity index (χ1n) is 3.91. The molecule has 1 N–H and O–H groups in total. The van der Waals surface area contributed by atoms with E-state index in [1.165, 1.54) is 31.6 Å². The summed E-state index contributed by atoms with van der Waals surface area (Å²) in [6.07, 6.45) is 4.20. The molecule has 1 saturated heterocycles. The number of hydrogen-bond donors (Lipinski definition) is 1. The molecule has 0 unspecified atom stereocenters. The smallest absolute Gasteiger partial charge is 0.0626 e. The molecule has 1 aliphatic rings. The Balaban J connectivity index is 0.000000810. The summed E-state index contributed by atoms with van der Waals surface area (Å²) in [5.74, 6) is 0. The van der Waals surface area contributed by atoms with Crippen LogP contribution in [0.1, 0.15) is 12.8 Å². The Kier molecular flexibility index (Phi) is 4.57. The van der Waals surface area contributed by atoms with Gasteiger partial charge in [0.05, 0.1) is 8.07 Å². The van der Waals surface area contributed by atoms with Gasteiger partial charge in [-0.2, -0.15) is 0 Å². The average molecular weight is 180 g/mol. The maximum Gasteiger partial charge on any atom is 0.0626 e. The lowest BCUT2D eigenvalue weighted by Gasteiger charge is -2.18. The van der Waals surface area contributed by atoms with Crippen molar-refractivity contribution in [2.45, 2.75) is 32.0 Å². The van der Waals surface area contributed by atoms with E-state index < -0.39 is 8.07 Å². The fraction of sp³-hybridized carbons (Fsp3) is 1.00. The summed E-state index contributed by atoms with van der Waals surface area (Å²) >= 11 is 0. The monoisotopic (exact) mass is 179 g/mol. The van der Waals surface area contributed by atoms with Gasteiger partial charge in [-0.15, -0.1) is 12.4 Å². The molecule has 1 aliphatic heterocycles. The Morgan fingerprint density at radius 2 is 1.90 bits per heavy atom. The van der Waals surface area contributed by atoms with Gasteiger partial charge in [0.15, 0.2) is 0 Å². The van der Waals surface area contributed by atoms with Gasteiger partial charge in [0, 0.05) is 0 Å². The summed E-state index contributed by atoms with van der Waals surface area (Å²) in [7, 11) is -0.752. The lowest BCUT2D eigenvalue weighted by Crippen LogP contribution is -2.37. The van der Waals surface area contributed by atoms with E-state index in [-0.39, 0.29) is 12.4 Å². The predicted molar refractivity (Wildman–Crippen MR) is 51.6 cm³/mol. The van der Waals surface area contributed by atoms with Crippen LogP contribution in [0.2, 0.25) is 19.1 Å². The second-order valence-corrected chi connectivity index (χ2v) is 8.98. The van der Waals surface area contributed by atoms with E-state index in [2.05, 4.69) is 18.4 Å². The first kappa shape index (κ1) is 10.5. The second kappa shape index (κ2) is 4.37. The molecule has 0 aliphatic carbocycles. The Bertz CT molecular complexity index is 85.6. The van der Waals surface area contributed by atoms with E-state index in [1.54, 1.807) is 0 Å². The molecule has 0 saturated carbocycles. The maximum atomic E-state index is 3.50. The summed E-state index contributed by atoms with van der Waals surface area (Å²) < 4.78 is 0. The fourth-order valence-corrected chi connectivity index (χ4v) is 3.61. The van der Waals surface area contributed by atoms with Gasteiger partial charge in [-0.3, -0.25) is 0 Å². The van der Waals surface area contributed by atoms with Gasteiger partial charge in [0.25, 0.3) is 0 Å². The molecule has 0 amide bonds. The van der Waals surface area contributed by atoms with Crippen molar-refractivity contribution in [3.63, 3.8) is 0 Å². The Morgan fingerprint density at radius 3 is 2.60 bits per heavy atom. The zero-order chi connectivity index (χ0) is 6.74. The van der Waals surface area contributed by atoms with Crippen molar-refractivity contribution in [1.82, 2.24) is 5.32 Å². The highest BCUT2D eigenvalue weighted by atomic mass is 35.5. The highest BCUT2D eigenvalue weighted by Crippen LogP contribution is 2.14. The van der Waals surface area contributed by atoms with Crippen LogP contribution in [0.25, 0.3) is 0 Å². The molecule has 0 spiro atoms. The predicted octanol–water partition coefficient (Wildman–Crippen LogP) is 2.04. The summed E-state index contributed by atoms with van der Waals surface area (Å²) in [4.78, 5) is 0. The SMILES string of the molecule is C[Si]1(C)CCCCNC1.Cl. The molecule has 0 aromatic carbocycles. The lowest BCUT2D eigenvalue weighted by molar-refractivity contribution is 0.717. The fourth-order valence-electron chi connectivity index (χ4n) is 1.37. The summed E-state index contributed by atoms with van der Waals surface area (Å²) in [6, 6.07) is 1.53. The normalized spacial score (nSPS) is 24.6. The van der Waals surface area contributed by atoms with Crippen LogP contribution in [0, 0.1) is 0 Å². The summed E-state index contributed by atoms with van der Waals surface area (Å²) in [6.45, 7) is 6.22. The van der Waals surface area contributed by atoms with Gasteiger partial charge in [-0.05, 0) is 19.1 Å². The molecule has 0 bridgehead atoms. The van der Waals surface area contributed by atoms with Crippen molar-refractivity contribution in [3.8, 4) is 0 Å². The van der Waals surface area contributed by atoms with E-state index in [9.17, 15) is 0 Å². The third-order valence-electron chi connectivity index (χ3n) is 2.06. The van der Waals surface area contributed by atoms with Gasteiger partial charge < -0.3 is 5.32 Å². The average Bonchev–Trinajstić information content (AvgIpc) is 1.92. The van der Waals surface area contributed by atoms with Crippen LogP contribution in [0.5, 0.6) is 0 Å². The molecule has 0 aromatic heterocycles. The zero-order valence-corrected chi connectivity index (χ0v) is 8.76. The van der Waals surface area contributed by atoms with Gasteiger partial charge in [-0.25, -0.2) is 0 Å². The summed E-state index contributed by atoms with van der Waals surface area (Å²) in [5, 5.41) is 3.50. The molecule has 1 nitrogen and oxygen atoms in total. The van der Waals surface area contributed by atoms with Crippen LogP contribution in [0.15, 0.2) is 0 Å². The molecular formula is C7H18ClNSi. The molecule has 0 aromatic rings. The second-order valence-electron chi connectivity index (χ2n) is 3.80. The van der Waals surface area contributed by atoms with E-state index >= 15 is 0 Å². The van der Waals surface area contributed by atoms with Crippen LogP contribution in [0.3, 0.4) is 0 Å². The molecule has 10 heavy (non-hydrogen) atoms. The first-order valence-corrected chi connectivity index (χ1v) is 7.33. The molecule has 62 valence electrons. The lowest BCUT2D eigenvalue weighted by atomic mass is 10.3. The van der Waals surface area contributed by atoms with Crippen LogP contribution in [-0.2, 0) is 0 Å². The van der Waals surface area contributed by atoms with Crippen LogP contribution in [0.4, 0.5) is 0 Å². The number of hydrogen-bond acceptors (Lipinski definition) is 1. The van der Waals surface area contributed by atoms with Crippen molar-refractivity contribution in [1.29, 1.82) is 0 Å². The van der Waals surface area contributed by atoms with E-state index in [4.69, 9.17) is 0 Å². The third kappa shape index (κ3) is 3.59. The quantitative estimate of drug-likeness (QED) is 0.562. The maximum absolute atomic E-state index is 3.50. The Hall–Kier alpha value is 0.467. The third-order valence-corrected chi connectivity index (χ3v) is 4.97. The number of nitrogens with one attached hydrogen (secondary N) is 1. The van der Waals surface area contributed by atoms with Crippen molar-refractivity contribution in [2.75, 3.05) is 12.7 Å². The van der Waals surface area contributed by atoms with Gasteiger partial charge in [-0.1, -0.05) is 25.6 Å². The molecule has 0 radical (unpaired) electrons. The molecular weight excluding hydrogens is 162 g/mol. The first-order chi connectivity index (χ1) is 4.21. The standard InChI is InChI=1S/C7H17NSi.ClH/c1-9(2)6-4-3-5-8-7-9;/h8H,3-7H2,1-2H3;1H. The van der Waals surface area contributed by atoms with Crippen molar-refractivity contribution < 1.29 is 0 Å². The van der Waals surface area contributed by atoms with Crippen LogP contribution < -0.4 is 5.32 Å². The minimum Gasteiger partial charge on any atom is -0.319 e. The molecule has 0 atom stereocenters. The Morgan fingerprint density at radius 1 is 1.20 bits per heavy atom. The topological polar surface area (TPSA) is 12.0 Å². The largest absolute Gasteiger partial charge is 0.319 e. The Labute approximate surface area is 71.0 Å². The number of rotatable bonds is 0. The van der Waals surface area contributed by atoms with E-state index in [0.29, 0.717) is 0 Å². The zero-order valence-electron chi connectivity index (χ0n) is 6.94. The minimum absolute atomic E-state index is 0. The molecule has 3 heteroatoms. The van der Waals surface area contributed by atoms with E-state index in [1.807, 2.05) is 0 Å². The molecule has 1 heterocycles. The van der Waals surface area contributed by atoms with Crippen molar-refractivity contribution in [3.05, 3.63) is 0 Å². The highest BCUT2D eigenvalue weighted by molar-refractivity contribution is 6.77. The van der Waals surface area contributed by atoms with Gasteiger partial charge >= 0.3 is 0 Å². The van der Waals surface area contributed by atoms with Gasteiger partial charge in [0.2, 0.25) is 0 Å². The number of halogens is 1. The minimum atomic E-state index is -0.752. The van der Waals surface area contributed by atoms with Crippen LogP contribution >= 0.6 is 12.4 Å². The molecule has 1 fully saturated rings. The van der Waals surface area contributed by atoms with Gasteiger partial charge in [0.1, 0.15) is 0 Å². The highest BCUT2D eigenvalue weighted by Gasteiger charge is 2.20. The van der Waals surface area contributed by atoms with Crippen LogP contribution in [-0.4, -0.2) is 20.8 Å². The summed E-state index contributed by atoms with van der Waals surface area (Å²) in [5.41, 5.74) is 0. The molecule has 1 rings (SSSR count). The van der Waals surface area contributed by atoms with E-state index in [0.717, 1.165) is 0 Å². The van der Waals surface area contributed by atoms with Crippen molar-refractivity contribution in [2.24, 2.45) is 0 Å².